The van der Waals surface area contributed by atoms with Gasteiger partial charge in [0.15, 0.2) is 0 Å². The lowest BCUT2D eigenvalue weighted by Crippen LogP contribution is -2.41. The molecule has 1 saturated heterocycles. The van der Waals surface area contributed by atoms with Gasteiger partial charge in [-0.05, 0) is 67.1 Å². The number of nitrogens with zero attached hydrogens (tertiary/aromatic N) is 2. The summed E-state index contributed by atoms with van der Waals surface area (Å²) in [6.07, 6.45) is 0.983. The van der Waals surface area contributed by atoms with Gasteiger partial charge in [0, 0.05) is 19.3 Å². The Bertz CT molecular complexity index is 612. The van der Waals surface area contributed by atoms with Crippen molar-refractivity contribution in [2.24, 2.45) is 0 Å². The molecule has 1 amide bonds. The van der Waals surface area contributed by atoms with Gasteiger partial charge in [0.1, 0.15) is 10.2 Å². The molecular weight excluding hydrogens is 320 g/mol. The Morgan fingerprint density at radius 2 is 2.10 bits per heavy atom. The monoisotopic (exact) mass is 343 g/mol. The van der Waals surface area contributed by atoms with Gasteiger partial charge in [-0.1, -0.05) is 6.04 Å². The topological polar surface area (TPSA) is 42.4 Å². The maximum absolute atomic E-state index is 12.1. The highest BCUT2D eigenvalue weighted by atomic mass is 79.9. The average Bonchev–Trinajstić information content (AvgIpc) is 2.44. The van der Waals surface area contributed by atoms with Crippen molar-refractivity contribution >= 4 is 22.0 Å². The number of carbonyl (C=O) groups excluding carboxylic acids is 1. The van der Waals surface area contributed by atoms with Gasteiger partial charge in [0.2, 0.25) is 0 Å². The Labute approximate surface area is 132 Å². The third-order valence-corrected chi connectivity index (χ3v) is 3.51. The van der Waals surface area contributed by atoms with Crippen LogP contribution in [0.3, 0.4) is 0 Å². The molecule has 0 unspecified atom stereocenters. The minimum Gasteiger partial charge on any atom is -0.444 e. The maximum atomic E-state index is 12.1. The molecule has 110 valence electrons. The lowest BCUT2D eigenvalue weighted by atomic mass is 9.91. The molecule has 0 aliphatic carbocycles. The highest BCUT2D eigenvalue weighted by molar-refractivity contribution is 9.10. The number of amides is 1. The number of pyridine rings is 1. The van der Waals surface area contributed by atoms with Crippen LogP contribution in [0.1, 0.15) is 49.2 Å². The molecule has 2 heterocycles. The van der Waals surface area contributed by atoms with E-state index in [2.05, 4.69) is 20.9 Å². The Hall–Kier alpha value is -1.10. The molecular formula is C15H21BrN2O2. The van der Waals surface area contributed by atoms with Crippen LogP contribution in [0, 0.1) is 0 Å². The third kappa shape index (κ3) is 4.20. The quantitative estimate of drug-likeness (QED) is 0.724. The number of hydrogen-bond donors (Lipinski definition) is 0. The first kappa shape index (κ1) is 11.5. The van der Waals surface area contributed by atoms with Gasteiger partial charge >= 0.3 is 6.09 Å². The molecule has 20 heavy (non-hydrogen) atoms. The average molecular weight is 344 g/mol. The lowest BCUT2D eigenvalue weighted by Gasteiger charge is -2.33. The fourth-order valence-corrected chi connectivity index (χ4v) is 2.34. The minimum atomic E-state index is -0.521. The highest BCUT2D eigenvalue weighted by Crippen LogP contribution is 2.28. The number of rotatable bonds is 1. The van der Waals surface area contributed by atoms with E-state index in [-0.39, 0.29) is 34.9 Å². The predicted molar refractivity (Wildman–Crippen MR) is 81.7 cm³/mol. The van der Waals surface area contributed by atoms with Crippen molar-refractivity contribution in [2.45, 2.75) is 45.1 Å². The van der Waals surface area contributed by atoms with Crippen LogP contribution in [0.15, 0.2) is 22.9 Å². The van der Waals surface area contributed by atoms with E-state index < -0.39 is 5.60 Å². The van der Waals surface area contributed by atoms with Gasteiger partial charge in [-0.2, -0.15) is 0 Å². The summed E-state index contributed by atoms with van der Waals surface area (Å²) >= 11 is 3.10. The van der Waals surface area contributed by atoms with Crippen molar-refractivity contribution in [2.75, 3.05) is 13.1 Å². The van der Waals surface area contributed by atoms with E-state index in [1.807, 2.05) is 20.8 Å². The standard InChI is InChI=1S/C15H21BrN2O2/c1-15(2,3)20-14(19)18-8-6-11(7-9-18)12-4-5-13(16)17-10-12/h4-5,10-11H,6-9H2,1-3H3/i4D,5D,10D. The summed E-state index contributed by atoms with van der Waals surface area (Å²) in [7, 11) is 0. The summed E-state index contributed by atoms with van der Waals surface area (Å²) in [6.45, 7) is 6.53. The number of ether oxygens (including phenoxy) is 1. The first-order valence-electron chi connectivity index (χ1n) is 8.21. The number of carbonyl (C=O) groups is 1. The molecule has 0 radical (unpaired) electrons. The maximum Gasteiger partial charge on any atom is 0.410 e. The molecule has 0 spiro atoms. The molecule has 4 nitrogen and oxygen atoms in total. The predicted octanol–water partition coefficient (Wildman–Crippen LogP) is 3.96. The van der Waals surface area contributed by atoms with Crippen molar-refractivity contribution in [1.82, 2.24) is 9.88 Å². The third-order valence-electron chi connectivity index (χ3n) is 3.13. The largest absolute Gasteiger partial charge is 0.444 e. The number of hydrogen-bond acceptors (Lipinski definition) is 3. The molecule has 0 bridgehead atoms. The van der Waals surface area contributed by atoms with E-state index in [1.165, 1.54) is 0 Å². The first-order valence-corrected chi connectivity index (χ1v) is 7.50. The van der Waals surface area contributed by atoms with Gasteiger partial charge in [-0.15, -0.1) is 0 Å². The van der Waals surface area contributed by atoms with E-state index in [4.69, 9.17) is 8.85 Å². The molecule has 0 atom stereocenters. The van der Waals surface area contributed by atoms with Crippen LogP contribution in [0.4, 0.5) is 4.79 Å². The molecule has 1 aromatic rings. The number of aromatic nitrogens is 1. The van der Waals surface area contributed by atoms with Gasteiger partial charge < -0.3 is 9.64 Å². The Balaban J connectivity index is 2.08. The summed E-state index contributed by atoms with van der Waals surface area (Å²) in [4.78, 5) is 17.7. The van der Waals surface area contributed by atoms with Crippen LogP contribution in [-0.4, -0.2) is 34.7 Å². The van der Waals surface area contributed by atoms with Crippen molar-refractivity contribution in [3.05, 3.63) is 28.4 Å². The molecule has 5 heteroatoms. The van der Waals surface area contributed by atoms with Crippen LogP contribution in [-0.2, 0) is 4.74 Å². The van der Waals surface area contributed by atoms with Gasteiger partial charge in [-0.3, -0.25) is 0 Å². The van der Waals surface area contributed by atoms with E-state index in [9.17, 15) is 4.79 Å². The SMILES string of the molecule is [2H]c1nc(Br)c([2H])c([2H])c1C1CCN(C(=O)OC(C)(C)C)CC1. The second kappa shape index (κ2) is 6.12. The van der Waals surface area contributed by atoms with E-state index in [1.54, 1.807) is 4.90 Å². The lowest BCUT2D eigenvalue weighted by molar-refractivity contribution is 0.0205. The van der Waals surface area contributed by atoms with Crippen LogP contribution >= 0.6 is 15.9 Å². The second-order valence-electron chi connectivity index (χ2n) is 5.92. The summed E-state index contributed by atoms with van der Waals surface area (Å²) in [5, 5.41) is 0. The minimum absolute atomic E-state index is 0.00516. The molecule has 0 saturated carbocycles. The normalized spacial score (nSPS) is 19.2. The van der Waals surface area contributed by atoms with Crippen LogP contribution in [0.25, 0.3) is 0 Å². The van der Waals surface area contributed by atoms with Crippen molar-refractivity contribution < 1.29 is 13.6 Å². The van der Waals surface area contributed by atoms with Gasteiger partial charge in [0.25, 0.3) is 0 Å². The number of piperidine rings is 1. The molecule has 2 rings (SSSR count). The smallest absolute Gasteiger partial charge is 0.410 e. The Morgan fingerprint density at radius 1 is 1.45 bits per heavy atom. The molecule has 1 aliphatic heterocycles. The van der Waals surface area contributed by atoms with Crippen molar-refractivity contribution in [3.8, 4) is 0 Å². The first-order chi connectivity index (χ1) is 10.6. The fourth-order valence-electron chi connectivity index (χ4n) is 2.15. The highest BCUT2D eigenvalue weighted by Gasteiger charge is 2.27. The molecule has 1 aromatic heterocycles. The number of likely N-dealkylation sites (tertiary alicyclic amines) is 1. The van der Waals surface area contributed by atoms with E-state index in [0.29, 0.717) is 31.5 Å². The second-order valence-corrected chi connectivity index (χ2v) is 6.67. The Kier molecular flexibility index (Phi) is 3.53. The Morgan fingerprint density at radius 3 is 2.70 bits per heavy atom. The van der Waals surface area contributed by atoms with Crippen molar-refractivity contribution in [1.29, 1.82) is 0 Å². The van der Waals surface area contributed by atoms with Crippen LogP contribution in [0.2, 0.25) is 0 Å². The zero-order valence-electron chi connectivity index (χ0n) is 15.0. The molecule has 1 aliphatic rings. The number of halogens is 1. The molecule has 1 fully saturated rings. The summed E-state index contributed by atoms with van der Waals surface area (Å²) < 4.78 is 29.5. The zero-order chi connectivity index (χ0) is 17.4. The van der Waals surface area contributed by atoms with E-state index >= 15 is 0 Å². The van der Waals surface area contributed by atoms with Crippen LogP contribution in [0.5, 0.6) is 0 Å². The van der Waals surface area contributed by atoms with Crippen molar-refractivity contribution in [3.63, 3.8) is 0 Å². The van der Waals surface area contributed by atoms with Gasteiger partial charge in [-0.25, -0.2) is 9.78 Å². The van der Waals surface area contributed by atoms with E-state index in [0.717, 1.165) is 0 Å². The summed E-state index contributed by atoms with van der Waals surface area (Å²) in [5.41, 5.74) is -0.0196. The summed E-state index contributed by atoms with van der Waals surface area (Å²) in [5.74, 6) is -0.0293. The molecule has 0 N–H and O–H groups in total. The summed E-state index contributed by atoms with van der Waals surface area (Å²) in [6, 6.07) is 0.0539. The van der Waals surface area contributed by atoms with Crippen LogP contribution < -0.4 is 0 Å². The van der Waals surface area contributed by atoms with Gasteiger partial charge in [0.05, 0.1) is 4.11 Å². The molecule has 0 aromatic carbocycles. The zero-order valence-corrected chi connectivity index (χ0v) is 13.6. The fraction of sp³-hybridized carbons (Fsp3) is 0.600.